The van der Waals surface area contributed by atoms with Gasteiger partial charge in [0.2, 0.25) is 5.91 Å². The van der Waals surface area contributed by atoms with Gasteiger partial charge in [-0.2, -0.15) is 13.2 Å². The van der Waals surface area contributed by atoms with E-state index in [1.54, 1.807) is 7.11 Å². The van der Waals surface area contributed by atoms with E-state index in [0.717, 1.165) is 32.7 Å². The van der Waals surface area contributed by atoms with E-state index in [1.807, 2.05) is 23.4 Å². The van der Waals surface area contributed by atoms with Crippen LogP contribution in [0.5, 0.6) is 0 Å². The number of amides is 1. The number of likely N-dealkylation sites (tertiary alicyclic amines) is 2. The van der Waals surface area contributed by atoms with Gasteiger partial charge in [-0.1, -0.05) is 6.07 Å². The molecule has 156 valence electrons. The summed E-state index contributed by atoms with van der Waals surface area (Å²) < 4.78 is 36.7. The van der Waals surface area contributed by atoms with Gasteiger partial charge < -0.3 is 14.7 Å². The molecule has 2 aliphatic rings. The minimum Gasteiger partial charge on any atom is -0.475 e. The number of halogens is 3. The van der Waals surface area contributed by atoms with Crippen molar-refractivity contribution < 1.29 is 32.6 Å². The summed E-state index contributed by atoms with van der Waals surface area (Å²) in [5, 5.41) is 7.12. The smallest absolute Gasteiger partial charge is 0.475 e. The first-order valence-electron chi connectivity index (χ1n) is 8.88. The summed E-state index contributed by atoms with van der Waals surface area (Å²) in [6, 6.07) is 4.12. The number of fused-ring (bicyclic) bond motifs is 1. The van der Waals surface area contributed by atoms with Crippen molar-refractivity contribution in [1.82, 2.24) is 14.8 Å². The molecule has 1 amide bonds. The number of rotatable bonds is 5. The molecule has 0 unspecified atom stereocenters. The Bertz CT molecular complexity index is 643. The van der Waals surface area contributed by atoms with Gasteiger partial charge in [0.1, 0.15) is 0 Å². The highest BCUT2D eigenvalue weighted by Gasteiger charge is 2.41. The van der Waals surface area contributed by atoms with Gasteiger partial charge in [0, 0.05) is 52.2 Å². The molecule has 0 radical (unpaired) electrons. The molecule has 2 saturated heterocycles. The summed E-state index contributed by atoms with van der Waals surface area (Å²) in [6.07, 6.45) is -0.824. The van der Waals surface area contributed by atoms with E-state index in [4.69, 9.17) is 14.6 Å². The minimum atomic E-state index is -5.08. The lowest BCUT2D eigenvalue weighted by molar-refractivity contribution is -0.192. The van der Waals surface area contributed by atoms with Crippen LogP contribution in [0, 0.1) is 11.8 Å². The number of nitrogens with zero attached hydrogens (tertiary/aromatic N) is 3. The Morgan fingerprint density at radius 1 is 1.25 bits per heavy atom. The number of pyridine rings is 1. The largest absolute Gasteiger partial charge is 0.490 e. The molecular formula is C18H24F3N3O4. The first-order valence-corrected chi connectivity index (χ1v) is 8.88. The highest BCUT2D eigenvalue weighted by atomic mass is 19.4. The third-order valence-corrected chi connectivity index (χ3v) is 4.81. The lowest BCUT2D eigenvalue weighted by Crippen LogP contribution is -2.33. The van der Waals surface area contributed by atoms with E-state index in [-0.39, 0.29) is 5.91 Å². The van der Waals surface area contributed by atoms with Gasteiger partial charge in [0.25, 0.3) is 0 Å². The van der Waals surface area contributed by atoms with Crippen molar-refractivity contribution in [1.29, 1.82) is 0 Å². The van der Waals surface area contributed by atoms with Crippen molar-refractivity contribution in [3.8, 4) is 0 Å². The van der Waals surface area contributed by atoms with Crippen molar-refractivity contribution in [3.63, 3.8) is 0 Å². The molecule has 1 aromatic heterocycles. The van der Waals surface area contributed by atoms with Crippen LogP contribution in [0.4, 0.5) is 13.2 Å². The number of hydrogen-bond donors (Lipinski definition) is 1. The summed E-state index contributed by atoms with van der Waals surface area (Å²) in [5.41, 5.74) is 1.27. The van der Waals surface area contributed by atoms with E-state index < -0.39 is 12.1 Å². The van der Waals surface area contributed by atoms with Crippen LogP contribution >= 0.6 is 0 Å². The molecule has 2 fully saturated rings. The standard InChI is InChI=1S/C16H23N3O2.C2HF3O2/c1-21-6-4-16(20)19-11-14-9-18(10-15(14)12-19)8-13-3-2-5-17-7-13;3-2(4,5)1(6)7/h2-3,5,7,14-15H,4,6,8-12H2,1H3;(H,6,7)/t14-,15+;. The van der Waals surface area contributed by atoms with E-state index >= 15 is 0 Å². The topological polar surface area (TPSA) is 83.0 Å². The first-order chi connectivity index (χ1) is 13.2. The fourth-order valence-corrected chi connectivity index (χ4v) is 3.52. The normalized spacial score (nSPS) is 21.8. The Balaban J connectivity index is 0.000000345. The van der Waals surface area contributed by atoms with Crippen LogP contribution in [0.15, 0.2) is 24.5 Å². The predicted molar refractivity (Wildman–Crippen MR) is 93.3 cm³/mol. The van der Waals surface area contributed by atoms with Crippen LogP contribution in [0.25, 0.3) is 0 Å². The first kappa shape index (κ1) is 22.1. The van der Waals surface area contributed by atoms with Crippen LogP contribution in [0.3, 0.4) is 0 Å². The lowest BCUT2D eigenvalue weighted by atomic mass is 10.0. The van der Waals surface area contributed by atoms with Crippen molar-refractivity contribution in [3.05, 3.63) is 30.1 Å². The van der Waals surface area contributed by atoms with Gasteiger partial charge >= 0.3 is 12.1 Å². The van der Waals surface area contributed by atoms with Gasteiger partial charge in [-0.05, 0) is 23.5 Å². The molecule has 3 rings (SSSR count). The van der Waals surface area contributed by atoms with Crippen molar-refractivity contribution >= 4 is 11.9 Å². The van der Waals surface area contributed by atoms with Gasteiger partial charge in [0.05, 0.1) is 13.0 Å². The maximum atomic E-state index is 12.0. The number of aliphatic carboxylic acids is 1. The third kappa shape index (κ3) is 6.45. The van der Waals surface area contributed by atoms with E-state index in [1.165, 1.54) is 5.56 Å². The number of carboxylic acids is 1. The summed E-state index contributed by atoms with van der Waals surface area (Å²) in [5.74, 6) is -1.25. The fraction of sp³-hybridized carbons (Fsp3) is 0.611. The van der Waals surface area contributed by atoms with Gasteiger partial charge in [-0.25, -0.2) is 4.79 Å². The highest BCUT2D eigenvalue weighted by molar-refractivity contribution is 5.76. The van der Waals surface area contributed by atoms with Crippen LogP contribution in [-0.4, -0.2) is 77.8 Å². The minimum absolute atomic E-state index is 0.241. The molecule has 2 atom stereocenters. The molecule has 0 aromatic carbocycles. The Morgan fingerprint density at radius 3 is 2.32 bits per heavy atom. The molecular weight excluding hydrogens is 379 g/mol. The Hall–Kier alpha value is -2.20. The third-order valence-electron chi connectivity index (χ3n) is 4.81. The highest BCUT2D eigenvalue weighted by Crippen LogP contribution is 2.32. The quantitative estimate of drug-likeness (QED) is 0.805. The number of carbonyl (C=O) groups excluding carboxylic acids is 1. The fourth-order valence-electron chi connectivity index (χ4n) is 3.52. The molecule has 0 bridgehead atoms. The van der Waals surface area contributed by atoms with Crippen LogP contribution in [0.2, 0.25) is 0 Å². The van der Waals surface area contributed by atoms with Gasteiger partial charge in [-0.15, -0.1) is 0 Å². The number of ether oxygens (including phenoxy) is 1. The van der Waals surface area contributed by atoms with Gasteiger partial charge in [0.15, 0.2) is 0 Å². The summed E-state index contributed by atoms with van der Waals surface area (Å²) in [7, 11) is 1.64. The molecule has 0 spiro atoms. The Kier molecular flexibility index (Phi) is 7.76. The number of carbonyl (C=O) groups is 2. The van der Waals surface area contributed by atoms with E-state index in [2.05, 4.69) is 16.0 Å². The molecule has 0 saturated carbocycles. The van der Waals surface area contributed by atoms with Crippen molar-refractivity contribution in [2.75, 3.05) is 39.9 Å². The van der Waals surface area contributed by atoms with Crippen LogP contribution in [-0.2, 0) is 20.9 Å². The van der Waals surface area contributed by atoms with Crippen LogP contribution < -0.4 is 0 Å². The van der Waals surface area contributed by atoms with E-state index in [0.29, 0.717) is 24.9 Å². The molecule has 7 nitrogen and oxygen atoms in total. The summed E-state index contributed by atoms with van der Waals surface area (Å²) >= 11 is 0. The molecule has 3 heterocycles. The lowest BCUT2D eigenvalue weighted by Gasteiger charge is -2.21. The maximum absolute atomic E-state index is 12.0. The second kappa shape index (κ2) is 9.83. The zero-order chi connectivity index (χ0) is 20.7. The Morgan fingerprint density at radius 2 is 1.86 bits per heavy atom. The number of alkyl halides is 3. The van der Waals surface area contributed by atoms with Crippen LogP contribution in [0.1, 0.15) is 12.0 Å². The zero-order valence-corrected chi connectivity index (χ0v) is 15.6. The SMILES string of the molecule is COCCC(=O)N1C[C@H]2CN(Cc3cccnc3)C[C@H]2C1.O=C(O)C(F)(F)F. The molecule has 10 heteroatoms. The van der Waals surface area contributed by atoms with Gasteiger partial charge in [-0.3, -0.25) is 14.7 Å². The molecule has 1 N–H and O–H groups in total. The summed E-state index contributed by atoms with van der Waals surface area (Å²) in [4.78, 5) is 29.6. The molecule has 28 heavy (non-hydrogen) atoms. The maximum Gasteiger partial charge on any atom is 0.490 e. The Labute approximate surface area is 161 Å². The monoisotopic (exact) mass is 403 g/mol. The number of hydrogen-bond acceptors (Lipinski definition) is 5. The zero-order valence-electron chi connectivity index (χ0n) is 15.6. The molecule has 0 aliphatic carbocycles. The van der Waals surface area contributed by atoms with Crippen molar-refractivity contribution in [2.45, 2.75) is 19.1 Å². The molecule has 2 aliphatic heterocycles. The average molecular weight is 403 g/mol. The second-order valence-corrected chi connectivity index (χ2v) is 6.92. The number of methoxy groups -OCH3 is 1. The predicted octanol–water partition coefficient (Wildman–Crippen LogP) is 1.64. The summed E-state index contributed by atoms with van der Waals surface area (Å²) in [6.45, 7) is 5.50. The number of carboxylic acid groups (broad SMARTS) is 1. The average Bonchev–Trinajstić information content (AvgIpc) is 3.19. The van der Waals surface area contributed by atoms with Crippen molar-refractivity contribution in [2.24, 2.45) is 11.8 Å². The van der Waals surface area contributed by atoms with E-state index in [9.17, 15) is 18.0 Å². The second-order valence-electron chi connectivity index (χ2n) is 6.92. The molecule has 1 aromatic rings. The number of aromatic nitrogens is 1.